The summed E-state index contributed by atoms with van der Waals surface area (Å²) < 4.78 is 10.5. The molecule has 4 nitrogen and oxygen atoms in total. The van der Waals surface area contributed by atoms with E-state index >= 15 is 0 Å². The van der Waals surface area contributed by atoms with Crippen LogP contribution in [0.4, 0.5) is 0 Å². The van der Waals surface area contributed by atoms with Crippen LogP contribution in [0.3, 0.4) is 0 Å². The molecular formula is C15H13NO3. The van der Waals surface area contributed by atoms with Crippen LogP contribution in [0.5, 0.6) is 11.5 Å². The lowest BCUT2D eigenvalue weighted by molar-refractivity contribution is 0.414. The molecule has 0 radical (unpaired) electrons. The van der Waals surface area contributed by atoms with E-state index in [1.54, 1.807) is 14.2 Å². The van der Waals surface area contributed by atoms with Crippen molar-refractivity contribution in [2.75, 3.05) is 14.2 Å². The molecule has 0 saturated carbocycles. The van der Waals surface area contributed by atoms with Crippen molar-refractivity contribution in [3.8, 4) is 22.6 Å². The first kappa shape index (κ1) is 11.7. The minimum absolute atomic E-state index is 0.443. The SMILES string of the molecule is COc1ccc2c(c1)-c1cc(OC)ccc1C2N=O. The van der Waals surface area contributed by atoms with E-state index in [2.05, 4.69) is 5.18 Å². The molecule has 0 N–H and O–H groups in total. The number of ether oxygens (including phenoxy) is 2. The summed E-state index contributed by atoms with van der Waals surface area (Å²) in [5.74, 6) is 1.53. The van der Waals surface area contributed by atoms with Crippen LogP contribution >= 0.6 is 0 Å². The van der Waals surface area contributed by atoms with Crippen LogP contribution < -0.4 is 9.47 Å². The van der Waals surface area contributed by atoms with Gasteiger partial charge < -0.3 is 9.47 Å². The van der Waals surface area contributed by atoms with Crippen LogP contribution in [0.1, 0.15) is 17.2 Å². The fraction of sp³-hybridized carbons (Fsp3) is 0.200. The highest BCUT2D eigenvalue weighted by Crippen LogP contribution is 2.47. The van der Waals surface area contributed by atoms with E-state index in [1.165, 1.54) is 0 Å². The Kier molecular flexibility index (Phi) is 2.71. The number of fused-ring (bicyclic) bond motifs is 3. The molecular weight excluding hydrogens is 242 g/mol. The van der Waals surface area contributed by atoms with Crippen molar-refractivity contribution in [1.29, 1.82) is 0 Å². The lowest BCUT2D eigenvalue weighted by Gasteiger charge is -2.05. The Morgan fingerprint density at radius 2 is 1.37 bits per heavy atom. The molecule has 3 rings (SSSR count). The van der Waals surface area contributed by atoms with E-state index in [0.29, 0.717) is 0 Å². The first-order chi connectivity index (χ1) is 9.28. The van der Waals surface area contributed by atoms with Gasteiger partial charge in [-0.15, -0.1) is 4.91 Å². The second-order valence-electron chi connectivity index (χ2n) is 4.41. The summed E-state index contributed by atoms with van der Waals surface area (Å²) in [5.41, 5.74) is 3.80. The second kappa shape index (κ2) is 4.39. The number of hydrogen-bond donors (Lipinski definition) is 0. The average Bonchev–Trinajstić information content (AvgIpc) is 2.79. The molecule has 0 atom stereocenters. The molecule has 2 aromatic rings. The van der Waals surface area contributed by atoms with Crippen molar-refractivity contribution in [1.82, 2.24) is 0 Å². The Labute approximate surface area is 110 Å². The van der Waals surface area contributed by atoms with E-state index in [1.807, 2.05) is 36.4 Å². The van der Waals surface area contributed by atoms with Crippen LogP contribution in [0.2, 0.25) is 0 Å². The Morgan fingerprint density at radius 3 is 1.74 bits per heavy atom. The molecule has 0 saturated heterocycles. The fourth-order valence-electron chi connectivity index (χ4n) is 2.55. The van der Waals surface area contributed by atoms with E-state index in [-0.39, 0.29) is 0 Å². The van der Waals surface area contributed by atoms with Gasteiger partial charge in [0.15, 0.2) is 0 Å². The van der Waals surface area contributed by atoms with Gasteiger partial charge in [-0.1, -0.05) is 17.3 Å². The molecule has 0 fully saturated rings. The van der Waals surface area contributed by atoms with Gasteiger partial charge in [-0.05, 0) is 46.5 Å². The van der Waals surface area contributed by atoms with Gasteiger partial charge in [0, 0.05) is 0 Å². The van der Waals surface area contributed by atoms with Gasteiger partial charge in [-0.3, -0.25) is 0 Å². The zero-order valence-electron chi connectivity index (χ0n) is 10.7. The first-order valence-electron chi connectivity index (χ1n) is 5.97. The van der Waals surface area contributed by atoms with Crippen molar-refractivity contribution >= 4 is 0 Å². The van der Waals surface area contributed by atoms with Crippen molar-refractivity contribution in [3.05, 3.63) is 52.4 Å². The molecule has 0 unspecified atom stereocenters. The highest BCUT2D eigenvalue weighted by atomic mass is 16.5. The maximum Gasteiger partial charge on any atom is 0.143 e. The maximum atomic E-state index is 11.1. The van der Waals surface area contributed by atoms with E-state index in [4.69, 9.17) is 9.47 Å². The molecule has 19 heavy (non-hydrogen) atoms. The van der Waals surface area contributed by atoms with E-state index in [9.17, 15) is 4.91 Å². The van der Waals surface area contributed by atoms with Crippen LogP contribution in [0, 0.1) is 4.91 Å². The number of nitroso groups, excluding NO2 is 1. The number of rotatable bonds is 3. The summed E-state index contributed by atoms with van der Waals surface area (Å²) in [7, 11) is 3.25. The molecule has 1 aliphatic carbocycles. The van der Waals surface area contributed by atoms with Crippen molar-refractivity contribution < 1.29 is 9.47 Å². The van der Waals surface area contributed by atoms with Gasteiger partial charge in [0.2, 0.25) is 0 Å². The Balaban J connectivity index is 2.25. The molecule has 0 amide bonds. The quantitative estimate of drug-likeness (QED) is 0.788. The van der Waals surface area contributed by atoms with Gasteiger partial charge >= 0.3 is 0 Å². The lowest BCUT2D eigenvalue weighted by atomic mass is 10.1. The molecule has 2 aromatic carbocycles. The van der Waals surface area contributed by atoms with Crippen LogP contribution in [-0.4, -0.2) is 14.2 Å². The minimum atomic E-state index is -0.443. The average molecular weight is 255 g/mol. The number of nitrogens with zero attached hydrogens (tertiary/aromatic N) is 1. The Morgan fingerprint density at radius 1 is 0.895 bits per heavy atom. The third-order valence-electron chi connectivity index (χ3n) is 3.51. The molecule has 1 aliphatic rings. The van der Waals surface area contributed by atoms with Crippen molar-refractivity contribution in [2.45, 2.75) is 6.04 Å². The highest BCUT2D eigenvalue weighted by molar-refractivity contribution is 5.80. The normalized spacial score (nSPS) is 12.7. The number of methoxy groups -OCH3 is 2. The zero-order valence-corrected chi connectivity index (χ0v) is 10.7. The summed E-state index contributed by atoms with van der Waals surface area (Å²) in [5, 5.41) is 3.25. The highest BCUT2D eigenvalue weighted by Gasteiger charge is 2.30. The van der Waals surface area contributed by atoms with Crippen molar-refractivity contribution in [2.24, 2.45) is 5.18 Å². The second-order valence-corrected chi connectivity index (χ2v) is 4.41. The first-order valence-corrected chi connectivity index (χ1v) is 5.97. The van der Waals surface area contributed by atoms with Crippen LogP contribution in [0.15, 0.2) is 41.6 Å². The summed E-state index contributed by atoms with van der Waals surface area (Å²) in [6, 6.07) is 10.9. The molecule has 0 bridgehead atoms. The monoisotopic (exact) mass is 255 g/mol. The molecule has 96 valence electrons. The van der Waals surface area contributed by atoms with Crippen LogP contribution in [-0.2, 0) is 0 Å². The topological polar surface area (TPSA) is 47.9 Å². The third-order valence-corrected chi connectivity index (χ3v) is 3.51. The van der Waals surface area contributed by atoms with Gasteiger partial charge in [0.1, 0.15) is 17.5 Å². The molecule has 0 aromatic heterocycles. The van der Waals surface area contributed by atoms with Crippen molar-refractivity contribution in [3.63, 3.8) is 0 Å². The third kappa shape index (κ3) is 1.68. The summed E-state index contributed by atoms with van der Waals surface area (Å²) in [6.45, 7) is 0. The number of benzene rings is 2. The molecule has 0 heterocycles. The van der Waals surface area contributed by atoms with E-state index < -0.39 is 6.04 Å². The minimum Gasteiger partial charge on any atom is -0.497 e. The molecule has 0 spiro atoms. The smallest absolute Gasteiger partial charge is 0.143 e. The number of hydrogen-bond acceptors (Lipinski definition) is 4. The predicted molar refractivity (Wildman–Crippen MR) is 72.6 cm³/mol. The lowest BCUT2D eigenvalue weighted by Crippen LogP contribution is -1.91. The summed E-state index contributed by atoms with van der Waals surface area (Å²) >= 11 is 0. The Bertz CT molecular complexity index is 598. The van der Waals surface area contributed by atoms with Gasteiger partial charge in [-0.2, -0.15) is 0 Å². The Hall–Kier alpha value is -2.36. The summed E-state index contributed by atoms with van der Waals surface area (Å²) in [6.07, 6.45) is 0. The van der Waals surface area contributed by atoms with Crippen LogP contribution in [0.25, 0.3) is 11.1 Å². The van der Waals surface area contributed by atoms with Gasteiger partial charge in [0.05, 0.1) is 14.2 Å². The van der Waals surface area contributed by atoms with Gasteiger partial charge in [-0.25, -0.2) is 0 Å². The van der Waals surface area contributed by atoms with Gasteiger partial charge in [0.25, 0.3) is 0 Å². The zero-order chi connectivity index (χ0) is 13.4. The fourth-order valence-corrected chi connectivity index (χ4v) is 2.55. The molecule has 0 aliphatic heterocycles. The predicted octanol–water partition coefficient (Wildman–Crippen LogP) is 3.54. The maximum absolute atomic E-state index is 11.1. The largest absolute Gasteiger partial charge is 0.497 e. The molecule has 4 heteroatoms. The summed E-state index contributed by atoms with van der Waals surface area (Å²) in [4.78, 5) is 11.1. The van der Waals surface area contributed by atoms with E-state index in [0.717, 1.165) is 33.8 Å². The standard InChI is InChI=1S/C15H13NO3/c1-18-9-3-5-11-13(7-9)14-8-10(19-2)4-6-12(14)15(11)16-17/h3-8,15H,1-2H3.